The van der Waals surface area contributed by atoms with Crippen molar-refractivity contribution in [1.29, 1.82) is 0 Å². The van der Waals surface area contributed by atoms with E-state index in [-0.39, 0.29) is 5.91 Å². The number of carbonyl (C=O) groups excluding carboxylic acids is 1. The third kappa shape index (κ3) is 6.22. The van der Waals surface area contributed by atoms with Crippen LogP contribution in [0.15, 0.2) is 61.2 Å². The molecule has 0 bridgehead atoms. The Hall–Kier alpha value is -2.04. The first kappa shape index (κ1) is 21.7. The fourth-order valence-electron chi connectivity index (χ4n) is 4.23. The van der Waals surface area contributed by atoms with Gasteiger partial charge in [-0.25, -0.2) is 0 Å². The summed E-state index contributed by atoms with van der Waals surface area (Å²) in [5.41, 5.74) is 2.39. The molecule has 2 aliphatic rings. The van der Waals surface area contributed by atoms with Crippen LogP contribution >= 0.6 is 11.6 Å². The van der Waals surface area contributed by atoms with E-state index >= 15 is 0 Å². The van der Waals surface area contributed by atoms with E-state index < -0.39 is 0 Å². The quantitative estimate of drug-likeness (QED) is 0.620. The molecule has 0 aromatic heterocycles. The van der Waals surface area contributed by atoms with Gasteiger partial charge in [-0.15, -0.1) is 0 Å². The van der Waals surface area contributed by atoms with Crippen LogP contribution in [-0.2, 0) is 4.79 Å². The van der Waals surface area contributed by atoms with Crippen molar-refractivity contribution in [3.05, 3.63) is 66.2 Å². The average Bonchev–Trinajstić information content (AvgIpc) is 2.75. The van der Waals surface area contributed by atoms with Gasteiger partial charge in [0.2, 0.25) is 5.91 Å². The van der Waals surface area contributed by atoms with Gasteiger partial charge in [-0.3, -0.25) is 9.69 Å². The standard InChI is InChI=1S/C24H32ClN3O/c1-3-6-20(4-2)17-21-9-11-26(12-10-21)19-24(29)28-15-13-27(14-16-28)23-8-5-7-22(25)18-23/h3-8,18,21H,1-2,9-17,19H2/b20-6+. The van der Waals surface area contributed by atoms with Crippen molar-refractivity contribution in [2.24, 2.45) is 5.92 Å². The molecule has 1 aromatic rings. The summed E-state index contributed by atoms with van der Waals surface area (Å²) in [6, 6.07) is 7.94. The lowest BCUT2D eigenvalue weighted by atomic mass is 9.90. The van der Waals surface area contributed by atoms with Gasteiger partial charge in [0.25, 0.3) is 0 Å². The topological polar surface area (TPSA) is 26.8 Å². The molecular formula is C24H32ClN3O. The summed E-state index contributed by atoms with van der Waals surface area (Å²) >= 11 is 6.10. The van der Waals surface area contributed by atoms with Gasteiger partial charge >= 0.3 is 0 Å². The van der Waals surface area contributed by atoms with Gasteiger partial charge in [-0.1, -0.05) is 49.1 Å². The lowest BCUT2D eigenvalue weighted by Gasteiger charge is -2.38. The molecule has 156 valence electrons. The highest BCUT2D eigenvalue weighted by Crippen LogP contribution is 2.25. The molecule has 1 aromatic carbocycles. The number of carbonyl (C=O) groups is 1. The number of hydrogen-bond donors (Lipinski definition) is 0. The van der Waals surface area contributed by atoms with Crippen molar-refractivity contribution in [1.82, 2.24) is 9.80 Å². The van der Waals surface area contributed by atoms with Crippen LogP contribution < -0.4 is 4.90 Å². The van der Waals surface area contributed by atoms with Crippen LogP contribution in [-0.4, -0.2) is 61.5 Å². The van der Waals surface area contributed by atoms with E-state index in [9.17, 15) is 4.79 Å². The molecule has 0 radical (unpaired) electrons. The van der Waals surface area contributed by atoms with Gasteiger partial charge in [0.05, 0.1) is 6.54 Å². The molecule has 4 nitrogen and oxygen atoms in total. The highest BCUT2D eigenvalue weighted by molar-refractivity contribution is 6.30. The number of amides is 1. The maximum atomic E-state index is 12.8. The molecule has 0 aliphatic carbocycles. The van der Waals surface area contributed by atoms with Crippen molar-refractivity contribution in [3.8, 4) is 0 Å². The number of piperidine rings is 1. The Morgan fingerprint density at radius 3 is 2.45 bits per heavy atom. The van der Waals surface area contributed by atoms with Crippen LogP contribution in [0.1, 0.15) is 19.3 Å². The number of rotatable bonds is 7. The molecule has 5 heteroatoms. The molecule has 29 heavy (non-hydrogen) atoms. The summed E-state index contributed by atoms with van der Waals surface area (Å²) in [7, 11) is 0. The second-order valence-electron chi connectivity index (χ2n) is 7.95. The number of allylic oxidation sites excluding steroid dienone is 4. The number of nitrogens with zero attached hydrogens (tertiary/aromatic N) is 3. The first-order valence-electron chi connectivity index (χ1n) is 10.5. The Kier molecular flexibility index (Phi) is 7.96. The SMILES string of the molecule is C=C/C=C(\C=C)CC1CCN(CC(=O)N2CCN(c3cccc(Cl)c3)CC2)CC1. The van der Waals surface area contributed by atoms with Crippen LogP contribution in [0.5, 0.6) is 0 Å². The second-order valence-corrected chi connectivity index (χ2v) is 8.39. The summed E-state index contributed by atoms with van der Waals surface area (Å²) in [5.74, 6) is 0.930. The van der Waals surface area contributed by atoms with Crippen molar-refractivity contribution in [2.45, 2.75) is 19.3 Å². The largest absolute Gasteiger partial charge is 0.368 e. The van der Waals surface area contributed by atoms with E-state index in [2.05, 4.69) is 29.0 Å². The minimum absolute atomic E-state index is 0.257. The van der Waals surface area contributed by atoms with Gasteiger partial charge in [0, 0.05) is 36.9 Å². The highest BCUT2D eigenvalue weighted by atomic mass is 35.5. The third-order valence-electron chi connectivity index (χ3n) is 5.99. The van der Waals surface area contributed by atoms with Crippen LogP contribution in [0, 0.1) is 5.92 Å². The Morgan fingerprint density at radius 2 is 1.83 bits per heavy atom. The predicted octanol–water partition coefficient (Wildman–Crippen LogP) is 4.39. The van der Waals surface area contributed by atoms with E-state index in [1.54, 1.807) is 0 Å². The molecule has 2 heterocycles. The first-order valence-corrected chi connectivity index (χ1v) is 10.9. The predicted molar refractivity (Wildman–Crippen MR) is 123 cm³/mol. The summed E-state index contributed by atoms with van der Waals surface area (Å²) < 4.78 is 0. The van der Waals surface area contributed by atoms with Crippen molar-refractivity contribution >= 4 is 23.2 Å². The highest BCUT2D eigenvalue weighted by Gasteiger charge is 2.25. The Balaban J connectivity index is 1.41. The van der Waals surface area contributed by atoms with Gasteiger partial charge in [0.1, 0.15) is 0 Å². The number of anilines is 1. The zero-order valence-electron chi connectivity index (χ0n) is 17.2. The summed E-state index contributed by atoms with van der Waals surface area (Å²) in [6.45, 7) is 13.5. The van der Waals surface area contributed by atoms with Gasteiger partial charge in [-0.2, -0.15) is 0 Å². The Bertz CT molecular complexity index is 744. The fraction of sp³-hybridized carbons (Fsp3) is 0.458. The van der Waals surface area contributed by atoms with E-state index in [0.29, 0.717) is 12.5 Å². The van der Waals surface area contributed by atoms with E-state index in [0.717, 1.165) is 69.2 Å². The normalized spacial score (nSPS) is 19.3. The van der Waals surface area contributed by atoms with Gasteiger partial charge < -0.3 is 9.80 Å². The van der Waals surface area contributed by atoms with Gasteiger partial charge in [-0.05, 0) is 62.0 Å². The van der Waals surface area contributed by atoms with Crippen molar-refractivity contribution in [2.75, 3.05) is 50.7 Å². The smallest absolute Gasteiger partial charge is 0.236 e. The molecule has 0 saturated carbocycles. The molecule has 3 rings (SSSR count). The van der Waals surface area contributed by atoms with Crippen LogP contribution in [0.4, 0.5) is 5.69 Å². The van der Waals surface area contributed by atoms with E-state index in [1.165, 1.54) is 5.57 Å². The minimum atomic E-state index is 0.257. The van der Waals surface area contributed by atoms with Crippen molar-refractivity contribution < 1.29 is 4.79 Å². The molecule has 0 spiro atoms. The van der Waals surface area contributed by atoms with Crippen LogP contribution in [0.25, 0.3) is 0 Å². The second kappa shape index (κ2) is 10.7. The minimum Gasteiger partial charge on any atom is -0.368 e. The van der Waals surface area contributed by atoms with E-state index in [4.69, 9.17) is 11.6 Å². The maximum Gasteiger partial charge on any atom is 0.236 e. The molecule has 2 fully saturated rings. The number of halogens is 1. The fourth-order valence-corrected chi connectivity index (χ4v) is 4.42. The Labute approximate surface area is 180 Å². The molecule has 2 saturated heterocycles. The summed E-state index contributed by atoms with van der Waals surface area (Å²) in [5, 5.41) is 0.754. The maximum absolute atomic E-state index is 12.8. The van der Waals surface area contributed by atoms with Gasteiger partial charge in [0.15, 0.2) is 0 Å². The summed E-state index contributed by atoms with van der Waals surface area (Å²) in [4.78, 5) is 19.4. The first-order chi connectivity index (χ1) is 14.1. The number of benzene rings is 1. The molecule has 1 amide bonds. The average molecular weight is 414 g/mol. The molecular weight excluding hydrogens is 382 g/mol. The third-order valence-corrected chi connectivity index (χ3v) is 6.23. The summed E-state index contributed by atoms with van der Waals surface area (Å²) in [6.07, 6.45) is 9.14. The Morgan fingerprint density at radius 1 is 1.10 bits per heavy atom. The molecule has 0 N–H and O–H groups in total. The lowest BCUT2D eigenvalue weighted by molar-refractivity contribution is -0.133. The zero-order chi connectivity index (χ0) is 20.6. The number of piperazine rings is 1. The zero-order valence-corrected chi connectivity index (χ0v) is 18.0. The molecule has 0 atom stereocenters. The lowest BCUT2D eigenvalue weighted by Crippen LogP contribution is -2.52. The van der Waals surface area contributed by atoms with Crippen molar-refractivity contribution in [3.63, 3.8) is 0 Å². The number of likely N-dealkylation sites (tertiary alicyclic amines) is 1. The monoisotopic (exact) mass is 413 g/mol. The van der Waals surface area contributed by atoms with E-state index in [1.807, 2.05) is 41.3 Å². The molecule has 2 aliphatic heterocycles. The van der Waals surface area contributed by atoms with Crippen LogP contribution in [0.2, 0.25) is 5.02 Å². The molecule has 0 unspecified atom stereocenters. The van der Waals surface area contributed by atoms with Crippen LogP contribution in [0.3, 0.4) is 0 Å². The number of hydrogen-bond acceptors (Lipinski definition) is 3.